The summed E-state index contributed by atoms with van der Waals surface area (Å²) >= 11 is 1.56. The van der Waals surface area contributed by atoms with E-state index in [1.54, 1.807) is 23.8 Å². The number of nitrogens with one attached hydrogen (secondary N) is 1. The van der Waals surface area contributed by atoms with Crippen molar-refractivity contribution < 1.29 is 14.3 Å². The van der Waals surface area contributed by atoms with Crippen LogP contribution in [0.4, 0.5) is 0 Å². The minimum Gasteiger partial charge on any atom is -0.497 e. The van der Waals surface area contributed by atoms with Gasteiger partial charge < -0.3 is 15.0 Å². The fraction of sp³-hybridized carbons (Fsp3) is 0.440. The van der Waals surface area contributed by atoms with Crippen LogP contribution in [0, 0.1) is 6.92 Å². The Morgan fingerprint density at radius 3 is 2.19 bits per heavy atom. The van der Waals surface area contributed by atoms with E-state index in [1.807, 2.05) is 76.2 Å². The van der Waals surface area contributed by atoms with Gasteiger partial charge in [-0.05, 0) is 50.5 Å². The molecule has 6 heteroatoms. The highest BCUT2D eigenvalue weighted by atomic mass is 32.2. The third kappa shape index (κ3) is 7.94. The van der Waals surface area contributed by atoms with E-state index in [2.05, 4.69) is 5.32 Å². The van der Waals surface area contributed by atoms with Crippen molar-refractivity contribution in [3.8, 4) is 5.75 Å². The van der Waals surface area contributed by atoms with E-state index < -0.39 is 6.04 Å². The number of rotatable bonds is 11. The summed E-state index contributed by atoms with van der Waals surface area (Å²) in [5.74, 6) is 1.74. The Morgan fingerprint density at radius 2 is 1.65 bits per heavy atom. The molecule has 0 aliphatic carbocycles. The maximum atomic E-state index is 13.2. The lowest BCUT2D eigenvalue weighted by Gasteiger charge is -2.31. The largest absolute Gasteiger partial charge is 0.497 e. The number of aryl methyl sites for hydroxylation is 1. The molecular weight excluding hydrogens is 408 g/mol. The first-order valence-corrected chi connectivity index (χ1v) is 11.9. The van der Waals surface area contributed by atoms with Crippen molar-refractivity contribution in [1.29, 1.82) is 0 Å². The van der Waals surface area contributed by atoms with Crippen LogP contribution in [-0.2, 0) is 21.9 Å². The first-order chi connectivity index (χ1) is 14.8. The summed E-state index contributed by atoms with van der Waals surface area (Å²) in [6, 6.07) is 15.5. The van der Waals surface area contributed by atoms with Gasteiger partial charge in [-0.2, -0.15) is 0 Å². The molecule has 0 saturated carbocycles. The number of amides is 2. The average molecular weight is 443 g/mol. The topological polar surface area (TPSA) is 58.6 Å². The Bertz CT molecular complexity index is 835. The van der Waals surface area contributed by atoms with Crippen LogP contribution in [0.15, 0.2) is 48.5 Å². The van der Waals surface area contributed by atoms with Crippen LogP contribution < -0.4 is 10.1 Å². The fourth-order valence-electron chi connectivity index (χ4n) is 3.25. The molecule has 1 atom stereocenters. The van der Waals surface area contributed by atoms with E-state index in [1.165, 1.54) is 5.56 Å². The second kappa shape index (κ2) is 12.4. The van der Waals surface area contributed by atoms with Crippen molar-refractivity contribution in [3.63, 3.8) is 0 Å². The number of thioether (sulfide) groups is 1. The molecule has 5 nitrogen and oxygen atoms in total. The molecule has 0 spiro atoms. The van der Waals surface area contributed by atoms with Crippen molar-refractivity contribution >= 4 is 23.6 Å². The van der Waals surface area contributed by atoms with Gasteiger partial charge in [-0.1, -0.05) is 48.9 Å². The molecule has 2 amide bonds. The number of nitrogens with zero attached hydrogens (tertiary/aromatic N) is 1. The highest BCUT2D eigenvalue weighted by Gasteiger charge is 2.28. The zero-order chi connectivity index (χ0) is 22.8. The van der Waals surface area contributed by atoms with Gasteiger partial charge in [0.05, 0.1) is 12.9 Å². The van der Waals surface area contributed by atoms with Gasteiger partial charge in [0.2, 0.25) is 11.8 Å². The Morgan fingerprint density at radius 1 is 1.03 bits per heavy atom. The van der Waals surface area contributed by atoms with Crippen molar-refractivity contribution in [2.75, 3.05) is 12.9 Å². The molecule has 2 rings (SSSR count). The van der Waals surface area contributed by atoms with Gasteiger partial charge in [0.15, 0.2) is 0 Å². The Labute approximate surface area is 190 Å². The first kappa shape index (κ1) is 24.8. The summed E-state index contributed by atoms with van der Waals surface area (Å²) in [6.45, 7) is 8.27. The Kier molecular flexibility index (Phi) is 9.92. The number of ether oxygens (including phenoxy) is 1. The molecular formula is C25H34N2O3S. The van der Waals surface area contributed by atoms with Gasteiger partial charge in [-0.15, -0.1) is 11.8 Å². The van der Waals surface area contributed by atoms with E-state index in [9.17, 15) is 9.59 Å². The third-order valence-corrected chi connectivity index (χ3v) is 5.93. The van der Waals surface area contributed by atoms with Crippen LogP contribution in [0.1, 0.15) is 43.9 Å². The molecule has 0 fully saturated rings. The molecule has 31 heavy (non-hydrogen) atoms. The second-order valence-electron chi connectivity index (χ2n) is 7.94. The molecule has 2 aromatic carbocycles. The Balaban J connectivity index is 2.09. The molecule has 0 heterocycles. The molecule has 0 aromatic heterocycles. The SMILES string of the molecule is CC[C@H](C(=O)NC(C)C)N(Cc1ccc(C)cc1)C(=O)CSCc1ccc(OC)cc1. The first-order valence-electron chi connectivity index (χ1n) is 10.7. The average Bonchev–Trinajstić information content (AvgIpc) is 2.75. The summed E-state index contributed by atoms with van der Waals surface area (Å²) in [5, 5.41) is 2.97. The lowest BCUT2D eigenvalue weighted by Crippen LogP contribution is -2.50. The third-order valence-electron chi connectivity index (χ3n) is 4.94. The van der Waals surface area contributed by atoms with E-state index >= 15 is 0 Å². The van der Waals surface area contributed by atoms with Gasteiger partial charge >= 0.3 is 0 Å². The summed E-state index contributed by atoms with van der Waals surface area (Å²) in [4.78, 5) is 27.7. The van der Waals surface area contributed by atoms with Crippen LogP contribution in [-0.4, -0.2) is 41.7 Å². The van der Waals surface area contributed by atoms with Gasteiger partial charge in [0.25, 0.3) is 0 Å². The van der Waals surface area contributed by atoms with Crippen molar-refractivity contribution in [1.82, 2.24) is 10.2 Å². The standard InChI is InChI=1S/C25H34N2O3S/c1-6-23(25(29)26-18(2)3)27(15-20-9-7-19(4)8-10-20)24(28)17-31-16-21-11-13-22(30-5)14-12-21/h7-14,18,23H,6,15-17H2,1-5H3,(H,26,29)/t23-/m1/s1. The number of carbonyl (C=O) groups is 2. The number of benzene rings is 2. The molecule has 0 saturated heterocycles. The van der Waals surface area contributed by atoms with Crippen molar-refractivity contribution in [3.05, 3.63) is 65.2 Å². The normalized spacial score (nSPS) is 11.8. The fourth-order valence-corrected chi connectivity index (χ4v) is 4.12. The van der Waals surface area contributed by atoms with Gasteiger partial charge in [0.1, 0.15) is 11.8 Å². The molecule has 2 aromatic rings. The van der Waals surface area contributed by atoms with Gasteiger partial charge in [-0.25, -0.2) is 0 Å². The maximum absolute atomic E-state index is 13.2. The van der Waals surface area contributed by atoms with Gasteiger partial charge in [-0.3, -0.25) is 9.59 Å². The van der Waals surface area contributed by atoms with Crippen LogP contribution in [0.5, 0.6) is 5.75 Å². The van der Waals surface area contributed by atoms with E-state index in [0.29, 0.717) is 18.7 Å². The monoisotopic (exact) mass is 442 g/mol. The lowest BCUT2D eigenvalue weighted by molar-refractivity contribution is -0.139. The van der Waals surface area contributed by atoms with E-state index in [-0.39, 0.29) is 17.9 Å². The van der Waals surface area contributed by atoms with Gasteiger partial charge in [0, 0.05) is 18.3 Å². The Hall–Kier alpha value is -2.47. The molecule has 0 radical (unpaired) electrons. The molecule has 0 aliphatic heterocycles. The zero-order valence-corrected chi connectivity index (χ0v) is 20.0. The summed E-state index contributed by atoms with van der Waals surface area (Å²) in [7, 11) is 1.64. The van der Waals surface area contributed by atoms with Crippen LogP contribution in [0.2, 0.25) is 0 Å². The minimum atomic E-state index is -0.488. The number of hydrogen-bond acceptors (Lipinski definition) is 4. The molecule has 168 valence electrons. The highest BCUT2D eigenvalue weighted by molar-refractivity contribution is 7.99. The number of methoxy groups -OCH3 is 1. The summed E-state index contributed by atoms with van der Waals surface area (Å²) in [5.41, 5.74) is 3.32. The molecule has 0 unspecified atom stereocenters. The maximum Gasteiger partial charge on any atom is 0.243 e. The quantitative estimate of drug-likeness (QED) is 0.554. The van der Waals surface area contributed by atoms with Crippen molar-refractivity contribution in [2.24, 2.45) is 0 Å². The lowest BCUT2D eigenvalue weighted by atomic mass is 10.1. The number of carbonyl (C=O) groups excluding carboxylic acids is 2. The van der Waals surface area contributed by atoms with Crippen LogP contribution in [0.25, 0.3) is 0 Å². The van der Waals surface area contributed by atoms with Crippen LogP contribution in [0.3, 0.4) is 0 Å². The zero-order valence-electron chi connectivity index (χ0n) is 19.2. The molecule has 1 N–H and O–H groups in total. The highest BCUT2D eigenvalue weighted by Crippen LogP contribution is 2.19. The molecule has 0 aliphatic rings. The summed E-state index contributed by atoms with van der Waals surface area (Å²) in [6.07, 6.45) is 0.569. The van der Waals surface area contributed by atoms with Crippen molar-refractivity contribution in [2.45, 2.75) is 58.5 Å². The minimum absolute atomic E-state index is 0.0233. The molecule has 0 bridgehead atoms. The predicted molar refractivity (Wildman–Crippen MR) is 128 cm³/mol. The number of hydrogen-bond donors (Lipinski definition) is 1. The predicted octanol–water partition coefficient (Wildman–Crippen LogP) is 4.57. The second-order valence-corrected chi connectivity index (χ2v) is 8.92. The van der Waals surface area contributed by atoms with E-state index in [4.69, 9.17) is 4.74 Å². The van der Waals surface area contributed by atoms with E-state index in [0.717, 1.165) is 22.6 Å². The summed E-state index contributed by atoms with van der Waals surface area (Å²) < 4.78 is 5.19. The van der Waals surface area contributed by atoms with Crippen LogP contribution >= 0.6 is 11.8 Å². The smallest absolute Gasteiger partial charge is 0.243 e.